The molecule has 0 amide bonds. The Balaban J connectivity index is 3.72. The summed E-state index contributed by atoms with van der Waals surface area (Å²) in [5.74, 6) is -0.814. The average molecular weight is 1130 g/mol. The SMILES string of the molecule is CCCCCCC/C=C\C/C=C\CCCCCCCCCCCCCCCCCCCCCCCCCCCCCCCC(=O)OC(COC(=O)CCCCCCCCC/C=C\CCCCCCCC)COP(=O)(O)OCCN. The van der Waals surface area contributed by atoms with Crippen molar-refractivity contribution in [2.45, 2.75) is 367 Å². The number of carbonyl (C=O) groups is 2. The van der Waals surface area contributed by atoms with E-state index >= 15 is 0 Å². The molecule has 0 aliphatic rings. The van der Waals surface area contributed by atoms with Gasteiger partial charge in [0.15, 0.2) is 6.10 Å². The minimum atomic E-state index is -4.39. The average Bonchev–Trinajstić information content (AvgIpc) is 3.44. The van der Waals surface area contributed by atoms with E-state index in [4.69, 9.17) is 24.3 Å². The van der Waals surface area contributed by atoms with Crippen LogP contribution in [0.15, 0.2) is 36.5 Å². The van der Waals surface area contributed by atoms with Gasteiger partial charge in [-0.25, -0.2) is 4.57 Å². The van der Waals surface area contributed by atoms with Crippen molar-refractivity contribution < 1.29 is 37.6 Å². The molecule has 10 heteroatoms. The fourth-order valence-corrected chi connectivity index (χ4v) is 11.1. The fraction of sp³-hybridized carbons (Fsp3) is 0.884. The van der Waals surface area contributed by atoms with Crippen LogP contribution < -0.4 is 5.73 Å². The number of hydrogen-bond acceptors (Lipinski definition) is 8. The van der Waals surface area contributed by atoms with Gasteiger partial charge in [0, 0.05) is 19.4 Å². The van der Waals surface area contributed by atoms with Crippen LogP contribution >= 0.6 is 7.82 Å². The van der Waals surface area contributed by atoms with Crippen molar-refractivity contribution in [2.24, 2.45) is 5.73 Å². The van der Waals surface area contributed by atoms with Crippen molar-refractivity contribution in [2.75, 3.05) is 26.4 Å². The number of unbranched alkanes of at least 4 members (excludes halogenated alkanes) is 47. The molecule has 0 rings (SSSR count). The zero-order valence-electron chi connectivity index (χ0n) is 52.4. The Kier molecular flexibility index (Phi) is 63.9. The standard InChI is InChI=1S/C69H132NO8P/c1-3-5-7-9-11-13-15-17-19-21-22-23-24-25-26-27-28-29-30-31-32-33-34-35-36-37-38-39-40-41-42-43-44-46-48-50-52-54-56-58-60-62-69(72)78-67(66-77-79(73,74)76-64-63-70)65-75-68(71)61-59-57-55-53-51-49-47-45-20-18-16-14-12-10-8-6-4-2/h15,17-18,20-22,67H,3-14,16,19,23-66,70H2,1-2H3,(H,73,74)/b17-15-,20-18-,22-21-. The van der Waals surface area contributed by atoms with Gasteiger partial charge in [0.25, 0.3) is 0 Å². The van der Waals surface area contributed by atoms with E-state index < -0.39 is 26.5 Å². The lowest BCUT2D eigenvalue weighted by Crippen LogP contribution is -2.29. The lowest BCUT2D eigenvalue weighted by atomic mass is 10.0. The highest BCUT2D eigenvalue weighted by Gasteiger charge is 2.26. The van der Waals surface area contributed by atoms with Gasteiger partial charge in [-0.15, -0.1) is 0 Å². The molecule has 0 aromatic rings. The Hall–Kier alpha value is -1.77. The smallest absolute Gasteiger partial charge is 0.462 e. The van der Waals surface area contributed by atoms with Gasteiger partial charge in [0.1, 0.15) is 6.61 Å². The van der Waals surface area contributed by atoms with Gasteiger partial charge in [-0.05, 0) is 70.6 Å². The highest BCUT2D eigenvalue weighted by Crippen LogP contribution is 2.43. The first-order valence-electron chi connectivity index (χ1n) is 34.5. The maximum atomic E-state index is 12.7. The van der Waals surface area contributed by atoms with Crippen LogP contribution in [0.5, 0.6) is 0 Å². The zero-order chi connectivity index (χ0) is 57.3. The molecule has 0 radical (unpaired) electrons. The topological polar surface area (TPSA) is 134 Å². The van der Waals surface area contributed by atoms with Gasteiger partial charge in [-0.3, -0.25) is 18.6 Å². The van der Waals surface area contributed by atoms with Crippen LogP contribution in [0.4, 0.5) is 0 Å². The molecule has 3 N–H and O–H groups in total. The molecule has 0 heterocycles. The second kappa shape index (κ2) is 65.4. The lowest BCUT2D eigenvalue weighted by Gasteiger charge is -2.19. The van der Waals surface area contributed by atoms with Gasteiger partial charge < -0.3 is 20.1 Å². The summed E-state index contributed by atoms with van der Waals surface area (Å²) < 4.78 is 33.1. The Bertz CT molecular complexity index is 1390. The molecule has 9 nitrogen and oxygen atoms in total. The molecule has 0 spiro atoms. The van der Waals surface area contributed by atoms with Gasteiger partial charge in [-0.1, -0.05) is 314 Å². The van der Waals surface area contributed by atoms with Gasteiger partial charge >= 0.3 is 19.8 Å². The molecule has 79 heavy (non-hydrogen) atoms. The maximum Gasteiger partial charge on any atom is 0.472 e. The Morgan fingerprint density at radius 3 is 0.975 bits per heavy atom. The Morgan fingerprint density at radius 2 is 0.658 bits per heavy atom. The van der Waals surface area contributed by atoms with Gasteiger partial charge in [0.05, 0.1) is 13.2 Å². The van der Waals surface area contributed by atoms with Gasteiger partial charge in [0.2, 0.25) is 0 Å². The predicted octanol–water partition coefficient (Wildman–Crippen LogP) is 22.3. The van der Waals surface area contributed by atoms with Crippen molar-refractivity contribution in [3.05, 3.63) is 36.5 Å². The Labute approximate surface area is 490 Å². The summed E-state index contributed by atoms with van der Waals surface area (Å²) in [5.41, 5.74) is 5.39. The number of phosphoric acid groups is 1. The summed E-state index contributed by atoms with van der Waals surface area (Å²) >= 11 is 0. The molecule has 0 saturated carbocycles. The second-order valence-electron chi connectivity index (χ2n) is 23.4. The Morgan fingerprint density at radius 1 is 0.380 bits per heavy atom. The van der Waals surface area contributed by atoms with Crippen molar-refractivity contribution in [3.63, 3.8) is 0 Å². The van der Waals surface area contributed by atoms with E-state index in [9.17, 15) is 19.0 Å². The number of carbonyl (C=O) groups excluding carboxylic acids is 2. The van der Waals surface area contributed by atoms with E-state index in [1.807, 2.05) is 0 Å². The van der Waals surface area contributed by atoms with E-state index in [-0.39, 0.29) is 38.6 Å². The first-order valence-corrected chi connectivity index (χ1v) is 36.0. The minimum absolute atomic E-state index is 0.0552. The largest absolute Gasteiger partial charge is 0.472 e. The molecule has 2 atom stereocenters. The first-order chi connectivity index (χ1) is 38.8. The van der Waals surface area contributed by atoms with Gasteiger partial charge in [-0.2, -0.15) is 0 Å². The van der Waals surface area contributed by atoms with Crippen LogP contribution in [0.1, 0.15) is 361 Å². The van der Waals surface area contributed by atoms with Crippen molar-refractivity contribution in [3.8, 4) is 0 Å². The first kappa shape index (κ1) is 77.2. The third-order valence-corrected chi connectivity index (χ3v) is 16.5. The molecular weight excluding hydrogens is 1000 g/mol. The third-order valence-electron chi connectivity index (χ3n) is 15.5. The van der Waals surface area contributed by atoms with E-state index in [0.29, 0.717) is 6.42 Å². The molecule has 0 aromatic carbocycles. The maximum absolute atomic E-state index is 12.7. The minimum Gasteiger partial charge on any atom is -0.462 e. The lowest BCUT2D eigenvalue weighted by molar-refractivity contribution is -0.161. The van der Waals surface area contributed by atoms with Crippen LogP contribution in [0, 0.1) is 0 Å². The zero-order valence-corrected chi connectivity index (χ0v) is 53.3. The number of esters is 2. The van der Waals surface area contributed by atoms with Crippen molar-refractivity contribution in [1.82, 2.24) is 0 Å². The molecule has 0 aliphatic heterocycles. The highest BCUT2D eigenvalue weighted by atomic mass is 31.2. The quantitative estimate of drug-likeness (QED) is 0.0264. The summed E-state index contributed by atoms with van der Waals surface area (Å²) in [7, 11) is -4.39. The number of nitrogens with two attached hydrogens (primary N) is 1. The summed E-state index contributed by atoms with van der Waals surface area (Å²) in [6, 6.07) is 0. The molecule has 0 fully saturated rings. The molecule has 0 aromatic heterocycles. The van der Waals surface area contributed by atoms with Crippen molar-refractivity contribution >= 4 is 19.8 Å². The number of allylic oxidation sites excluding steroid dienone is 6. The van der Waals surface area contributed by atoms with Crippen LogP contribution in [0.25, 0.3) is 0 Å². The summed E-state index contributed by atoms with van der Waals surface area (Å²) in [4.78, 5) is 35.2. The number of phosphoric ester groups is 1. The molecule has 0 bridgehead atoms. The predicted molar refractivity (Wildman–Crippen MR) is 340 cm³/mol. The number of ether oxygens (including phenoxy) is 2. The van der Waals surface area contributed by atoms with E-state index in [2.05, 4.69) is 50.3 Å². The van der Waals surface area contributed by atoms with Crippen LogP contribution in [-0.4, -0.2) is 49.3 Å². The normalized spacial score (nSPS) is 13.1. The second-order valence-corrected chi connectivity index (χ2v) is 24.8. The fourth-order valence-electron chi connectivity index (χ4n) is 10.4. The third kappa shape index (κ3) is 65.3. The molecular formula is C69H132NO8P. The molecule has 466 valence electrons. The van der Waals surface area contributed by atoms with Crippen LogP contribution in [-0.2, 0) is 32.7 Å². The van der Waals surface area contributed by atoms with Crippen LogP contribution in [0.2, 0.25) is 0 Å². The summed E-state index contributed by atoms with van der Waals surface area (Å²) in [6.07, 6.45) is 81.2. The van der Waals surface area contributed by atoms with Crippen LogP contribution in [0.3, 0.4) is 0 Å². The number of hydrogen-bond donors (Lipinski definition) is 2. The monoisotopic (exact) mass is 1130 g/mol. The molecule has 0 saturated heterocycles. The summed E-state index contributed by atoms with van der Waals surface area (Å²) in [5, 5.41) is 0. The highest BCUT2D eigenvalue weighted by molar-refractivity contribution is 7.47. The van der Waals surface area contributed by atoms with E-state index in [1.54, 1.807) is 0 Å². The van der Waals surface area contributed by atoms with E-state index in [0.717, 1.165) is 44.9 Å². The summed E-state index contributed by atoms with van der Waals surface area (Å²) in [6.45, 7) is 3.78. The molecule has 2 unspecified atom stereocenters. The molecule has 0 aliphatic carbocycles. The van der Waals surface area contributed by atoms with Crippen molar-refractivity contribution in [1.29, 1.82) is 0 Å². The van der Waals surface area contributed by atoms with E-state index in [1.165, 1.54) is 283 Å². The number of rotatable bonds is 66.